The Morgan fingerprint density at radius 1 is 1.43 bits per heavy atom. The molecule has 2 atom stereocenters. The van der Waals surface area contributed by atoms with Crippen molar-refractivity contribution < 1.29 is 9.94 Å². The van der Waals surface area contributed by atoms with E-state index in [1.54, 1.807) is 6.08 Å². The van der Waals surface area contributed by atoms with Crippen molar-refractivity contribution in [1.29, 1.82) is 0 Å². The molecule has 0 aliphatic rings. The summed E-state index contributed by atoms with van der Waals surface area (Å²) in [5, 5.41) is 8.92. The summed E-state index contributed by atoms with van der Waals surface area (Å²) < 4.78 is 0. The Labute approximate surface area is 84.0 Å². The van der Waals surface area contributed by atoms with E-state index < -0.39 is 6.29 Å². The van der Waals surface area contributed by atoms with Gasteiger partial charge in [0.25, 0.3) is 0 Å². The maximum absolute atomic E-state index is 8.92. The largest absolute Gasteiger partial charge is 0.367 e. The first-order valence-electron chi connectivity index (χ1n) is 4.50. The maximum atomic E-state index is 8.92. The first-order valence-corrected chi connectivity index (χ1v) is 4.50. The third-order valence-corrected chi connectivity index (χ3v) is 1.76. The van der Waals surface area contributed by atoms with E-state index in [4.69, 9.17) is 9.94 Å². The molecular weight excluding hydrogens is 178 g/mol. The summed E-state index contributed by atoms with van der Waals surface area (Å²) in [7, 11) is 0. The van der Waals surface area contributed by atoms with E-state index in [0.717, 1.165) is 5.56 Å². The zero-order valence-corrected chi connectivity index (χ0v) is 8.18. The minimum absolute atomic E-state index is 0.106. The molecule has 14 heavy (non-hydrogen) atoms. The van der Waals surface area contributed by atoms with Crippen LogP contribution in [0.5, 0.6) is 0 Å². The van der Waals surface area contributed by atoms with Crippen LogP contribution in [0.15, 0.2) is 43.0 Å². The van der Waals surface area contributed by atoms with Crippen LogP contribution in [0, 0.1) is 0 Å². The molecule has 2 N–H and O–H groups in total. The predicted octanol–water partition coefficient (Wildman–Crippen LogP) is 1.77. The van der Waals surface area contributed by atoms with Crippen LogP contribution in [0.1, 0.15) is 18.5 Å². The molecule has 1 rings (SSSR count). The highest BCUT2D eigenvalue weighted by molar-refractivity contribution is 5.21. The van der Waals surface area contributed by atoms with E-state index in [9.17, 15) is 0 Å². The third-order valence-electron chi connectivity index (χ3n) is 1.76. The Hall–Kier alpha value is -1.16. The van der Waals surface area contributed by atoms with Gasteiger partial charge in [-0.25, -0.2) is 0 Å². The average molecular weight is 193 g/mol. The Balaban J connectivity index is 2.59. The zero-order valence-electron chi connectivity index (χ0n) is 8.18. The van der Waals surface area contributed by atoms with E-state index in [1.807, 2.05) is 30.3 Å². The SMILES string of the molecule is C=CC(NOC(C)O)c1ccccc1. The maximum Gasteiger partial charge on any atom is 0.171 e. The molecule has 3 nitrogen and oxygen atoms in total. The van der Waals surface area contributed by atoms with Gasteiger partial charge in [0.1, 0.15) is 0 Å². The molecule has 0 radical (unpaired) electrons. The molecule has 0 bridgehead atoms. The number of hydrogen-bond acceptors (Lipinski definition) is 3. The quantitative estimate of drug-likeness (QED) is 0.425. The number of rotatable bonds is 5. The van der Waals surface area contributed by atoms with Crippen LogP contribution in [0.2, 0.25) is 0 Å². The van der Waals surface area contributed by atoms with Gasteiger partial charge in [-0.2, -0.15) is 5.48 Å². The summed E-state index contributed by atoms with van der Waals surface area (Å²) in [6.45, 7) is 5.23. The van der Waals surface area contributed by atoms with Gasteiger partial charge in [-0.1, -0.05) is 36.4 Å². The topological polar surface area (TPSA) is 41.5 Å². The number of hydrogen-bond donors (Lipinski definition) is 2. The van der Waals surface area contributed by atoms with Gasteiger partial charge in [0.05, 0.1) is 6.04 Å². The lowest BCUT2D eigenvalue weighted by atomic mass is 10.1. The molecule has 0 spiro atoms. The summed E-state index contributed by atoms with van der Waals surface area (Å²) in [5.74, 6) is 0. The number of aliphatic hydroxyl groups is 1. The van der Waals surface area contributed by atoms with Gasteiger partial charge < -0.3 is 5.11 Å². The number of aliphatic hydroxyl groups excluding tert-OH is 1. The molecule has 0 heterocycles. The van der Waals surface area contributed by atoms with Gasteiger partial charge in [0.2, 0.25) is 0 Å². The van der Waals surface area contributed by atoms with Crippen LogP contribution in [0.3, 0.4) is 0 Å². The van der Waals surface area contributed by atoms with Crippen molar-refractivity contribution in [1.82, 2.24) is 5.48 Å². The molecule has 0 fully saturated rings. The minimum atomic E-state index is -0.832. The molecule has 3 heteroatoms. The number of benzene rings is 1. The summed E-state index contributed by atoms with van der Waals surface area (Å²) in [6.07, 6.45) is 0.888. The molecule has 0 amide bonds. The van der Waals surface area contributed by atoms with Gasteiger partial charge in [-0.15, -0.1) is 6.58 Å². The Morgan fingerprint density at radius 3 is 2.57 bits per heavy atom. The molecule has 1 aromatic rings. The molecule has 0 aliphatic heterocycles. The lowest BCUT2D eigenvalue weighted by Crippen LogP contribution is -2.24. The standard InChI is InChI=1S/C11H15NO2/c1-3-11(12-14-9(2)13)10-7-5-4-6-8-10/h3-9,11-13H,1H2,2H3. The van der Waals surface area contributed by atoms with Gasteiger partial charge in [-0.3, -0.25) is 4.84 Å². The van der Waals surface area contributed by atoms with Crippen LogP contribution in [0.4, 0.5) is 0 Å². The summed E-state index contributed by atoms with van der Waals surface area (Å²) in [4.78, 5) is 4.88. The van der Waals surface area contributed by atoms with Crippen molar-refractivity contribution in [2.75, 3.05) is 0 Å². The smallest absolute Gasteiger partial charge is 0.171 e. The summed E-state index contributed by atoms with van der Waals surface area (Å²) >= 11 is 0. The van der Waals surface area contributed by atoms with Crippen LogP contribution in [-0.4, -0.2) is 11.4 Å². The van der Waals surface area contributed by atoms with Crippen molar-refractivity contribution in [3.8, 4) is 0 Å². The van der Waals surface area contributed by atoms with Gasteiger partial charge >= 0.3 is 0 Å². The highest BCUT2D eigenvalue weighted by Gasteiger charge is 2.06. The Bertz CT molecular complexity index is 272. The van der Waals surface area contributed by atoms with Gasteiger partial charge in [-0.05, 0) is 12.5 Å². The van der Waals surface area contributed by atoms with E-state index in [-0.39, 0.29) is 6.04 Å². The zero-order chi connectivity index (χ0) is 10.4. The van der Waals surface area contributed by atoms with E-state index in [0.29, 0.717) is 0 Å². The first kappa shape index (κ1) is 10.9. The molecule has 0 aliphatic carbocycles. The Morgan fingerprint density at radius 2 is 2.07 bits per heavy atom. The number of nitrogens with one attached hydrogen (secondary N) is 1. The monoisotopic (exact) mass is 193 g/mol. The lowest BCUT2D eigenvalue weighted by molar-refractivity contribution is -0.141. The minimum Gasteiger partial charge on any atom is -0.367 e. The van der Waals surface area contributed by atoms with Crippen LogP contribution in [0.25, 0.3) is 0 Å². The first-order chi connectivity index (χ1) is 6.74. The second-order valence-electron chi connectivity index (χ2n) is 2.96. The van der Waals surface area contributed by atoms with E-state index >= 15 is 0 Å². The third kappa shape index (κ3) is 3.30. The van der Waals surface area contributed by atoms with E-state index in [1.165, 1.54) is 6.92 Å². The second-order valence-corrected chi connectivity index (χ2v) is 2.96. The van der Waals surface area contributed by atoms with Gasteiger partial charge in [0.15, 0.2) is 6.29 Å². The Kier molecular flexibility index (Phi) is 4.32. The molecular formula is C11H15NO2. The van der Waals surface area contributed by atoms with Crippen LogP contribution < -0.4 is 5.48 Å². The van der Waals surface area contributed by atoms with E-state index in [2.05, 4.69) is 12.1 Å². The van der Waals surface area contributed by atoms with Crippen LogP contribution in [-0.2, 0) is 4.84 Å². The molecule has 0 saturated carbocycles. The fourth-order valence-electron chi connectivity index (χ4n) is 1.08. The van der Waals surface area contributed by atoms with Crippen molar-refractivity contribution in [2.45, 2.75) is 19.3 Å². The molecule has 76 valence electrons. The molecule has 0 saturated heterocycles. The lowest BCUT2D eigenvalue weighted by Gasteiger charge is -2.16. The van der Waals surface area contributed by atoms with Crippen molar-refractivity contribution in [3.05, 3.63) is 48.6 Å². The average Bonchev–Trinajstić information content (AvgIpc) is 2.20. The molecule has 0 aromatic heterocycles. The number of hydroxylamine groups is 1. The van der Waals surface area contributed by atoms with Gasteiger partial charge in [0, 0.05) is 0 Å². The highest BCUT2D eigenvalue weighted by atomic mass is 16.7. The molecule has 2 unspecified atom stereocenters. The molecule has 1 aromatic carbocycles. The summed E-state index contributed by atoms with van der Waals surface area (Å²) in [5.41, 5.74) is 3.76. The van der Waals surface area contributed by atoms with Crippen molar-refractivity contribution in [2.24, 2.45) is 0 Å². The van der Waals surface area contributed by atoms with Crippen molar-refractivity contribution in [3.63, 3.8) is 0 Å². The normalized spacial score (nSPS) is 14.7. The van der Waals surface area contributed by atoms with Crippen LogP contribution >= 0.6 is 0 Å². The van der Waals surface area contributed by atoms with Crippen molar-refractivity contribution >= 4 is 0 Å². The second kappa shape index (κ2) is 5.54. The fraction of sp³-hybridized carbons (Fsp3) is 0.273. The summed E-state index contributed by atoms with van der Waals surface area (Å²) in [6, 6.07) is 9.64. The predicted molar refractivity (Wildman–Crippen MR) is 55.3 cm³/mol. The highest BCUT2D eigenvalue weighted by Crippen LogP contribution is 2.12. The fourth-order valence-corrected chi connectivity index (χ4v) is 1.08.